The van der Waals surface area contributed by atoms with Gasteiger partial charge < -0.3 is 14.2 Å². The normalized spacial score (nSPS) is 19.0. The number of aryl methyl sites for hydroxylation is 3. The molecule has 1 amide bonds. The zero-order valence-corrected chi connectivity index (χ0v) is 18.5. The highest BCUT2D eigenvalue weighted by Crippen LogP contribution is 2.36. The molecule has 1 aromatic heterocycles. The number of ether oxygens (including phenoxy) is 1. The van der Waals surface area contributed by atoms with Gasteiger partial charge in [0.1, 0.15) is 5.76 Å². The average molecular weight is 413 g/mol. The second kappa shape index (κ2) is 9.45. The minimum atomic E-state index is -0.695. The van der Waals surface area contributed by atoms with Crippen LogP contribution in [0.4, 0.5) is 0 Å². The molecule has 3 rings (SSSR count). The minimum absolute atomic E-state index is 0.0631. The van der Waals surface area contributed by atoms with Crippen LogP contribution in [0, 0.1) is 26.2 Å². The summed E-state index contributed by atoms with van der Waals surface area (Å²) in [4.78, 5) is 27.9. The number of amides is 1. The Morgan fingerprint density at radius 1 is 1.23 bits per heavy atom. The predicted octanol–water partition coefficient (Wildman–Crippen LogP) is 3.95. The van der Waals surface area contributed by atoms with Crippen LogP contribution in [0.3, 0.4) is 0 Å². The van der Waals surface area contributed by atoms with Crippen molar-refractivity contribution in [2.24, 2.45) is 5.41 Å². The first-order chi connectivity index (χ1) is 14.4. The third kappa shape index (κ3) is 4.74. The van der Waals surface area contributed by atoms with Gasteiger partial charge in [-0.3, -0.25) is 9.59 Å². The minimum Gasteiger partial charge on any atom is -0.466 e. The Hall–Kier alpha value is -2.63. The molecular weight excluding hydrogens is 380 g/mol. The highest BCUT2D eigenvalue weighted by atomic mass is 16.5. The van der Waals surface area contributed by atoms with Gasteiger partial charge in [-0.15, -0.1) is 0 Å². The smallest absolute Gasteiger partial charge is 0.314 e. The van der Waals surface area contributed by atoms with Crippen LogP contribution in [0.2, 0.25) is 0 Å². The zero-order valence-electron chi connectivity index (χ0n) is 18.5. The molecule has 0 spiro atoms. The Balaban J connectivity index is 1.76. The van der Waals surface area contributed by atoms with Crippen LogP contribution < -0.4 is 0 Å². The van der Waals surface area contributed by atoms with Crippen molar-refractivity contribution >= 4 is 11.9 Å². The number of piperidine rings is 1. The third-order valence-electron chi connectivity index (χ3n) is 6.20. The first-order valence-electron chi connectivity index (χ1n) is 10.8. The lowest BCUT2D eigenvalue weighted by molar-refractivity contribution is -0.160. The van der Waals surface area contributed by atoms with Gasteiger partial charge in [0.2, 0.25) is 5.91 Å². The molecule has 1 aromatic carbocycles. The van der Waals surface area contributed by atoms with Gasteiger partial charge >= 0.3 is 5.97 Å². The van der Waals surface area contributed by atoms with E-state index in [1.807, 2.05) is 37.8 Å². The van der Waals surface area contributed by atoms with E-state index >= 15 is 0 Å². The highest BCUT2D eigenvalue weighted by Gasteiger charge is 2.44. The van der Waals surface area contributed by atoms with Gasteiger partial charge in [-0.05, 0) is 64.5 Å². The van der Waals surface area contributed by atoms with Crippen LogP contribution in [0.25, 0.3) is 0 Å². The summed E-state index contributed by atoms with van der Waals surface area (Å²) in [6.45, 7) is 9.07. The van der Waals surface area contributed by atoms with Gasteiger partial charge in [-0.2, -0.15) is 0 Å². The van der Waals surface area contributed by atoms with E-state index in [0.29, 0.717) is 39.0 Å². The third-order valence-corrected chi connectivity index (χ3v) is 6.20. The van der Waals surface area contributed by atoms with E-state index in [1.165, 1.54) is 0 Å². The van der Waals surface area contributed by atoms with Gasteiger partial charge in [0.15, 0.2) is 0 Å². The fraction of sp³-hybridized carbons (Fsp3) is 0.542. The fourth-order valence-electron chi connectivity index (χ4n) is 4.43. The molecule has 0 bridgehead atoms. The lowest BCUT2D eigenvalue weighted by Gasteiger charge is -2.41. The summed E-state index contributed by atoms with van der Waals surface area (Å²) < 4.78 is 10.7. The molecule has 0 radical (unpaired) electrons. The van der Waals surface area contributed by atoms with E-state index in [1.54, 1.807) is 0 Å². The molecule has 0 saturated carbocycles. The number of carbonyl (C=O) groups is 2. The number of carbonyl (C=O) groups excluding carboxylic acids is 2. The van der Waals surface area contributed by atoms with Gasteiger partial charge in [0.05, 0.1) is 17.7 Å². The standard InChI is InChI=1S/C24H32N2O4/c1-5-29-23(28)24(15-20-10-7-6-9-17(20)2)13-8-14-26(16-24)22(27)12-11-21-18(3)25-30-19(21)4/h6-7,9-10H,5,8,11-16H2,1-4H3/t24-/m1/s1. The van der Waals surface area contributed by atoms with Crippen LogP contribution >= 0.6 is 0 Å². The van der Waals surface area contributed by atoms with Crippen molar-refractivity contribution in [3.05, 3.63) is 52.4 Å². The largest absolute Gasteiger partial charge is 0.466 e. The lowest BCUT2D eigenvalue weighted by atomic mass is 9.74. The van der Waals surface area contributed by atoms with Crippen LogP contribution in [0.15, 0.2) is 28.8 Å². The van der Waals surface area contributed by atoms with Gasteiger partial charge in [0, 0.05) is 25.1 Å². The molecule has 0 unspecified atom stereocenters. The quantitative estimate of drug-likeness (QED) is 0.644. The second-order valence-electron chi connectivity index (χ2n) is 8.33. The number of hydrogen-bond acceptors (Lipinski definition) is 5. The molecule has 6 nitrogen and oxygen atoms in total. The molecule has 0 N–H and O–H groups in total. The molecule has 1 aliphatic heterocycles. The Kier molecular flexibility index (Phi) is 6.95. The number of aromatic nitrogens is 1. The fourth-order valence-corrected chi connectivity index (χ4v) is 4.43. The van der Waals surface area contributed by atoms with Crippen molar-refractivity contribution in [1.29, 1.82) is 0 Å². The number of rotatable bonds is 7. The number of likely N-dealkylation sites (tertiary alicyclic amines) is 1. The van der Waals surface area contributed by atoms with Crippen molar-refractivity contribution in [3.8, 4) is 0 Å². The maximum absolute atomic E-state index is 13.1. The molecule has 0 aliphatic carbocycles. The van der Waals surface area contributed by atoms with Crippen molar-refractivity contribution in [2.45, 2.75) is 59.8 Å². The molecule has 1 aliphatic rings. The van der Waals surface area contributed by atoms with Crippen molar-refractivity contribution < 1.29 is 18.8 Å². The van der Waals surface area contributed by atoms with Crippen LogP contribution in [-0.4, -0.2) is 41.6 Å². The summed E-state index contributed by atoms with van der Waals surface area (Å²) in [5.41, 5.74) is 3.42. The van der Waals surface area contributed by atoms with E-state index < -0.39 is 5.41 Å². The molecule has 30 heavy (non-hydrogen) atoms. The molecule has 2 aromatic rings. The van der Waals surface area contributed by atoms with E-state index in [-0.39, 0.29) is 11.9 Å². The summed E-state index contributed by atoms with van der Waals surface area (Å²) in [5.74, 6) is 0.629. The van der Waals surface area contributed by atoms with E-state index in [4.69, 9.17) is 9.26 Å². The van der Waals surface area contributed by atoms with Crippen LogP contribution in [0.5, 0.6) is 0 Å². The number of benzene rings is 1. The van der Waals surface area contributed by atoms with E-state index in [9.17, 15) is 9.59 Å². The van der Waals surface area contributed by atoms with Crippen LogP contribution in [0.1, 0.15) is 54.3 Å². The zero-order chi connectivity index (χ0) is 21.7. The molecule has 1 atom stereocenters. The Labute approximate surface area is 178 Å². The first kappa shape index (κ1) is 22.1. The lowest BCUT2D eigenvalue weighted by Crippen LogP contribution is -2.51. The number of esters is 1. The number of nitrogens with zero attached hydrogens (tertiary/aromatic N) is 2. The Morgan fingerprint density at radius 2 is 2.00 bits per heavy atom. The van der Waals surface area contributed by atoms with E-state index in [2.05, 4.69) is 24.2 Å². The van der Waals surface area contributed by atoms with Gasteiger partial charge in [0.25, 0.3) is 0 Å². The monoisotopic (exact) mass is 412 g/mol. The Morgan fingerprint density at radius 3 is 2.67 bits per heavy atom. The highest BCUT2D eigenvalue weighted by molar-refractivity contribution is 5.81. The molecule has 6 heteroatoms. The summed E-state index contributed by atoms with van der Waals surface area (Å²) in [7, 11) is 0. The summed E-state index contributed by atoms with van der Waals surface area (Å²) in [5, 5.41) is 3.97. The molecule has 1 saturated heterocycles. The maximum atomic E-state index is 13.1. The molecular formula is C24H32N2O4. The SMILES string of the molecule is CCOC(=O)[C@@]1(Cc2ccccc2C)CCCN(C(=O)CCc2c(C)noc2C)C1. The topological polar surface area (TPSA) is 72.6 Å². The van der Waals surface area contributed by atoms with Crippen molar-refractivity contribution in [1.82, 2.24) is 10.1 Å². The van der Waals surface area contributed by atoms with Crippen molar-refractivity contribution in [3.63, 3.8) is 0 Å². The van der Waals surface area contributed by atoms with E-state index in [0.717, 1.165) is 41.0 Å². The second-order valence-corrected chi connectivity index (χ2v) is 8.33. The summed E-state index contributed by atoms with van der Waals surface area (Å²) in [6, 6.07) is 8.12. The first-order valence-corrected chi connectivity index (χ1v) is 10.8. The predicted molar refractivity (Wildman–Crippen MR) is 114 cm³/mol. The van der Waals surface area contributed by atoms with Gasteiger partial charge in [-0.25, -0.2) is 0 Å². The molecule has 1 fully saturated rings. The number of hydrogen-bond donors (Lipinski definition) is 0. The van der Waals surface area contributed by atoms with Crippen molar-refractivity contribution in [2.75, 3.05) is 19.7 Å². The average Bonchev–Trinajstić information content (AvgIpc) is 3.05. The Bertz CT molecular complexity index is 885. The summed E-state index contributed by atoms with van der Waals surface area (Å²) in [6.07, 6.45) is 3.09. The van der Waals surface area contributed by atoms with Crippen LogP contribution in [-0.2, 0) is 27.2 Å². The molecule has 162 valence electrons. The van der Waals surface area contributed by atoms with Gasteiger partial charge in [-0.1, -0.05) is 29.4 Å². The molecule has 2 heterocycles. The summed E-state index contributed by atoms with van der Waals surface area (Å²) >= 11 is 0. The maximum Gasteiger partial charge on any atom is 0.314 e.